The van der Waals surface area contributed by atoms with Gasteiger partial charge >= 0.3 is 5.97 Å². The molecule has 8 heteroatoms. The average molecular weight is 488 g/mol. The van der Waals surface area contributed by atoms with Gasteiger partial charge in [0.2, 0.25) is 0 Å². The Morgan fingerprint density at radius 3 is 2.53 bits per heavy atom. The lowest BCUT2D eigenvalue weighted by molar-refractivity contribution is -0.138. The molecule has 1 saturated heterocycles. The van der Waals surface area contributed by atoms with E-state index in [4.69, 9.17) is 9.47 Å². The molecule has 36 heavy (non-hydrogen) atoms. The summed E-state index contributed by atoms with van der Waals surface area (Å²) in [6, 6.07) is 8.00. The normalized spacial score (nSPS) is 22.1. The Morgan fingerprint density at radius 1 is 1.14 bits per heavy atom. The second kappa shape index (κ2) is 9.87. The fourth-order valence-corrected chi connectivity index (χ4v) is 5.45. The Balaban J connectivity index is 1.71. The molecule has 2 aromatic rings. The largest absolute Gasteiger partial charge is 0.470 e. The highest BCUT2D eigenvalue weighted by molar-refractivity contribution is 5.97. The smallest absolute Gasteiger partial charge is 0.340 e. The van der Waals surface area contributed by atoms with E-state index in [1.54, 1.807) is 12.4 Å². The van der Waals surface area contributed by atoms with Crippen LogP contribution in [0, 0.1) is 0 Å². The molecule has 3 aliphatic rings. The number of likely N-dealkylation sites (N-methyl/N-ethyl adjacent to an activating group) is 3. The van der Waals surface area contributed by atoms with Gasteiger partial charge in [0.05, 0.1) is 18.2 Å². The molecule has 2 unspecified atom stereocenters. The van der Waals surface area contributed by atoms with Crippen molar-refractivity contribution < 1.29 is 14.3 Å². The van der Waals surface area contributed by atoms with Crippen LogP contribution in [-0.4, -0.2) is 84.6 Å². The molecule has 5 rings (SSSR count). The van der Waals surface area contributed by atoms with Gasteiger partial charge in [0, 0.05) is 73.8 Å². The third-order valence-corrected chi connectivity index (χ3v) is 7.02. The van der Waals surface area contributed by atoms with Crippen LogP contribution in [0.3, 0.4) is 0 Å². The lowest BCUT2D eigenvalue weighted by Crippen LogP contribution is -2.40. The quantitative estimate of drug-likeness (QED) is 0.575. The Labute approximate surface area is 212 Å². The summed E-state index contributed by atoms with van der Waals surface area (Å²) in [6.45, 7) is 3.46. The standard InChI is InChI=1S/C28H33N5O3/c1-6-35-28(34)25-23(17-31(2)3)33(5)22-13-20(18-9-7-11-29-14-18)26-21(24(22)25)16-32(4)27(36-26)19-10-8-12-30-15-19/h7-12,14-15,22,27H,6,13,16-17H2,1-5H3. The van der Waals surface area contributed by atoms with Gasteiger partial charge in [-0.15, -0.1) is 0 Å². The van der Waals surface area contributed by atoms with Crippen LogP contribution in [0.1, 0.15) is 30.7 Å². The topological polar surface area (TPSA) is 71.0 Å². The zero-order chi connectivity index (χ0) is 25.4. The van der Waals surface area contributed by atoms with Crippen molar-refractivity contribution >= 4 is 11.5 Å². The highest BCUT2D eigenvalue weighted by Gasteiger charge is 2.46. The summed E-state index contributed by atoms with van der Waals surface area (Å²) in [6.07, 6.45) is 7.71. The summed E-state index contributed by atoms with van der Waals surface area (Å²) in [4.78, 5) is 28.6. The summed E-state index contributed by atoms with van der Waals surface area (Å²) in [5.41, 5.74) is 6.84. The number of fused-ring (bicyclic) bond motifs is 2. The second-order valence-electron chi connectivity index (χ2n) is 9.72. The zero-order valence-corrected chi connectivity index (χ0v) is 21.6. The van der Waals surface area contributed by atoms with E-state index in [0.717, 1.165) is 39.3 Å². The second-order valence-corrected chi connectivity index (χ2v) is 9.72. The van der Waals surface area contributed by atoms with Gasteiger partial charge in [0.25, 0.3) is 0 Å². The van der Waals surface area contributed by atoms with E-state index in [0.29, 0.717) is 31.7 Å². The van der Waals surface area contributed by atoms with Crippen molar-refractivity contribution in [1.29, 1.82) is 0 Å². The van der Waals surface area contributed by atoms with E-state index in [1.165, 1.54) is 0 Å². The van der Waals surface area contributed by atoms with Crippen LogP contribution >= 0.6 is 0 Å². The predicted molar refractivity (Wildman–Crippen MR) is 137 cm³/mol. The maximum absolute atomic E-state index is 13.4. The first kappa shape index (κ1) is 24.2. The van der Waals surface area contributed by atoms with Gasteiger partial charge in [0.15, 0.2) is 6.23 Å². The molecule has 0 spiro atoms. The van der Waals surface area contributed by atoms with Crippen molar-refractivity contribution in [2.75, 3.05) is 47.9 Å². The molecule has 2 aliphatic heterocycles. The van der Waals surface area contributed by atoms with Crippen LogP contribution in [0.4, 0.5) is 0 Å². The van der Waals surface area contributed by atoms with E-state index in [-0.39, 0.29) is 18.2 Å². The third kappa shape index (κ3) is 4.20. The maximum atomic E-state index is 13.4. The Hall–Kier alpha value is -3.49. The average Bonchev–Trinajstić information content (AvgIpc) is 3.15. The molecule has 0 N–H and O–H groups in total. The fraction of sp³-hybridized carbons (Fsp3) is 0.393. The van der Waals surface area contributed by atoms with Gasteiger partial charge in [-0.2, -0.15) is 0 Å². The highest BCUT2D eigenvalue weighted by atomic mass is 16.5. The van der Waals surface area contributed by atoms with Gasteiger partial charge in [-0.3, -0.25) is 14.9 Å². The summed E-state index contributed by atoms with van der Waals surface area (Å²) in [5, 5.41) is 0. The van der Waals surface area contributed by atoms with Crippen LogP contribution in [0.2, 0.25) is 0 Å². The Kier molecular flexibility index (Phi) is 6.64. The number of aromatic nitrogens is 2. The van der Waals surface area contributed by atoms with Gasteiger partial charge in [-0.05, 0) is 51.3 Å². The molecular weight excluding hydrogens is 454 g/mol. The van der Waals surface area contributed by atoms with E-state index in [2.05, 4.69) is 37.8 Å². The lowest BCUT2D eigenvalue weighted by atomic mass is 9.81. The van der Waals surface area contributed by atoms with E-state index in [9.17, 15) is 4.79 Å². The van der Waals surface area contributed by atoms with Crippen molar-refractivity contribution in [2.45, 2.75) is 25.6 Å². The minimum atomic E-state index is -0.281. The molecular formula is C28H33N5O3. The van der Waals surface area contributed by atoms with Crippen molar-refractivity contribution in [3.63, 3.8) is 0 Å². The minimum Gasteiger partial charge on any atom is -0.470 e. The number of ether oxygens (including phenoxy) is 2. The maximum Gasteiger partial charge on any atom is 0.340 e. The summed E-state index contributed by atoms with van der Waals surface area (Å²) in [7, 11) is 8.16. The third-order valence-electron chi connectivity index (χ3n) is 7.02. The zero-order valence-electron chi connectivity index (χ0n) is 21.6. The molecule has 188 valence electrons. The number of pyridine rings is 2. The monoisotopic (exact) mass is 487 g/mol. The number of rotatable bonds is 6. The number of nitrogens with zero attached hydrogens (tertiary/aromatic N) is 5. The molecule has 0 saturated carbocycles. The van der Waals surface area contributed by atoms with Crippen LogP contribution in [0.15, 0.2) is 77.2 Å². The van der Waals surface area contributed by atoms with Crippen LogP contribution in [0.5, 0.6) is 0 Å². The first-order valence-corrected chi connectivity index (χ1v) is 12.3. The molecule has 0 radical (unpaired) electrons. The molecule has 0 amide bonds. The predicted octanol–water partition coefficient (Wildman–Crippen LogP) is 3.24. The molecule has 4 heterocycles. The number of carbonyl (C=O) groups is 1. The number of hydrogen-bond donors (Lipinski definition) is 0. The van der Waals surface area contributed by atoms with E-state index in [1.807, 2.05) is 58.7 Å². The number of esters is 1. The Bertz CT molecular complexity index is 1240. The first-order chi connectivity index (χ1) is 17.4. The number of carbonyl (C=O) groups excluding carboxylic acids is 1. The Morgan fingerprint density at radius 2 is 1.89 bits per heavy atom. The summed E-state index contributed by atoms with van der Waals surface area (Å²) < 4.78 is 12.4. The number of hydrogen-bond acceptors (Lipinski definition) is 8. The molecule has 1 fully saturated rings. The SMILES string of the molecule is CCOC(=O)C1=C(CN(C)C)N(C)C2CC(c3cccnc3)=C3OC(c4cccnc4)N(C)CC3=C12. The summed E-state index contributed by atoms with van der Waals surface area (Å²) >= 11 is 0. The van der Waals surface area contributed by atoms with Crippen molar-refractivity contribution in [1.82, 2.24) is 24.7 Å². The molecule has 2 aromatic heterocycles. The van der Waals surface area contributed by atoms with Gasteiger partial charge in [-0.25, -0.2) is 4.79 Å². The van der Waals surface area contributed by atoms with Gasteiger partial charge in [0.1, 0.15) is 5.76 Å². The highest BCUT2D eigenvalue weighted by Crippen LogP contribution is 2.50. The fourth-order valence-electron chi connectivity index (χ4n) is 5.45. The van der Waals surface area contributed by atoms with E-state index < -0.39 is 0 Å². The van der Waals surface area contributed by atoms with Crippen molar-refractivity contribution in [3.8, 4) is 0 Å². The first-order valence-electron chi connectivity index (χ1n) is 12.3. The molecule has 2 atom stereocenters. The van der Waals surface area contributed by atoms with Crippen molar-refractivity contribution in [2.24, 2.45) is 0 Å². The lowest BCUT2D eigenvalue weighted by Gasteiger charge is -2.42. The molecule has 0 aromatic carbocycles. The molecule has 8 nitrogen and oxygen atoms in total. The summed E-state index contributed by atoms with van der Waals surface area (Å²) in [5.74, 6) is 0.565. The van der Waals surface area contributed by atoms with Crippen molar-refractivity contribution in [3.05, 3.63) is 88.4 Å². The minimum absolute atomic E-state index is 0.0141. The van der Waals surface area contributed by atoms with Gasteiger partial charge < -0.3 is 19.3 Å². The van der Waals surface area contributed by atoms with E-state index >= 15 is 0 Å². The van der Waals surface area contributed by atoms with Gasteiger partial charge in [-0.1, -0.05) is 12.1 Å². The van der Waals surface area contributed by atoms with Crippen LogP contribution in [0.25, 0.3) is 5.57 Å². The molecule has 1 aliphatic carbocycles. The molecule has 0 bridgehead atoms. The van der Waals surface area contributed by atoms with Crippen LogP contribution in [-0.2, 0) is 14.3 Å². The van der Waals surface area contributed by atoms with Crippen LogP contribution < -0.4 is 0 Å².